The molecule has 0 fully saturated rings. The lowest BCUT2D eigenvalue weighted by atomic mass is 10.1. The molecule has 96 valence electrons. The molecule has 0 saturated heterocycles. The molecule has 0 radical (unpaired) electrons. The van der Waals surface area contributed by atoms with Crippen molar-refractivity contribution in [2.75, 3.05) is 0 Å². The van der Waals surface area contributed by atoms with E-state index >= 15 is 0 Å². The SMILES string of the molecule is CC(N)C(Sc1cnn(C)c1)c1ccccc1Cl. The Hall–Kier alpha value is -0.970. The number of rotatable bonds is 4. The average molecular weight is 282 g/mol. The molecule has 0 saturated carbocycles. The van der Waals surface area contributed by atoms with Crippen molar-refractivity contribution in [2.45, 2.75) is 23.1 Å². The molecule has 2 rings (SSSR count). The summed E-state index contributed by atoms with van der Waals surface area (Å²) in [6.07, 6.45) is 3.83. The number of halogens is 1. The van der Waals surface area contributed by atoms with Gasteiger partial charge in [0.25, 0.3) is 0 Å². The number of aromatic nitrogens is 2. The Bertz CT molecular complexity index is 524. The third kappa shape index (κ3) is 3.07. The van der Waals surface area contributed by atoms with Crippen molar-refractivity contribution < 1.29 is 0 Å². The van der Waals surface area contributed by atoms with Crippen LogP contribution in [0.25, 0.3) is 0 Å². The molecule has 1 aromatic heterocycles. The summed E-state index contributed by atoms with van der Waals surface area (Å²) < 4.78 is 1.78. The van der Waals surface area contributed by atoms with Gasteiger partial charge in [-0.1, -0.05) is 29.8 Å². The first-order chi connectivity index (χ1) is 8.58. The van der Waals surface area contributed by atoms with Gasteiger partial charge in [-0.05, 0) is 18.6 Å². The van der Waals surface area contributed by atoms with E-state index in [1.165, 1.54) is 0 Å². The van der Waals surface area contributed by atoms with Gasteiger partial charge in [0.1, 0.15) is 0 Å². The maximum atomic E-state index is 6.24. The normalized spacial score (nSPS) is 14.4. The van der Waals surface area contributed by atoms with Crippen LogP contribution in [0.5, 0.6) is 0 Å². The monoisotopic (exact) mass is 281 g/mol. The van der Waals surface area contributed by atoms with E-state index in [1.807, 2.05) is 50.6 Å². The molecule has 1 aromatic carbocycles. The van der Waals surface area contributed by atoms with Crippen LogP contribution in [0.3, 0.4) is 0 Å². The molecule has 0 aliphatic carbocycles. The van der Waals surface area contributed by atoms with Crippen molar-refractivity contribution in [3.8, 4) is 0 Å². The molecule has 1 heterocycles. The molecule has 18 heavy (non-hydrogen) atoms. The third-order valence-electron chi connectivity index (χ3n) is 2.63. The van der Waals surface area contributed by atoms with Crippen LogP contribution in [0.2, 0.25) is 5.02 Å². The van der Waals surface area contributed by atoms with Crippen LogP contribution in [0.1, 0.15) is 17.7 Å². The van der Waals surface area contributed by atoms with Gasteiger partial charge in [0.15, 0.2) is 0 Å². The van der Waals surface area contributed by atoms with Crippen molar-refractivity contribution in [1.29, 1.82) is 0 Å². The third-order valence-corrected chi connectivity index (χ3v) is 4.40. The van der Waals surface area contributed by atoms with Crippen molar-refractivity contribution in [3.63, 3.8) is 0 Å². The molecule has 2 N–H and O–H groups in total. The molecule has 0 amide bonds. The molecule has 2 unspecified atom stereocenters. The van der Waals surface area contributed by atoms with Crippen molar-refractivity contribution >= 4 is 23.4 Å². The van der Waals surface area contributed by atoms with E-state index in [4.69, 9.17) is 17.3 Å². The summed E-state index contributed by atoms with van der Waals surface area (Å²) in [7, 11) is 1.90. The fraction of sp³-hybridized carbons (Fsp3) is 0.308. The number of nitrogens with two attached hydrogens (primary N) is 1. The fourth-order valence-corrected chi connectivity index (χ4v) is 3.25. The van der Waals surface area contributed by atoms with Gasteiger partial charge in [-0.25, -0.2) is 0 Å². The first-order valence-corrected chi connectivity index (χ1v) is 6.99. The van der Waals surface area contributed by atoms with Gasteiger partial charge in [-0.2, -0.15) is 5.10 Å². The Balaban J connectivity index is 2.27. The lowest BCUT2D eigenvalue weighted by Gasteiger charge is -2.21. The van der Waals surface area contributed by atoms with Crippen LogP contribution in [0.4, 0.5) is 0 Å². The van der Waals surface area contributed by atoms with E-state index in [9.17, 15) is 0 Å². The Morgan fingerprint density at radius 1 is 1.39 bits per heavy atom. The number of benzene rings is 1. The van der Waals surface area contributed by atoms with E-state index < -0.39 is 0 Å². The van der Waals surface area contributed by atoms with Gasteiger partial charge in [0.05, 0.1) is 11.4 Å². The lowest BCUT2D eigenvalue weighted by molar-refractivity contribution is 0.721. The zero-order chi connectivity index (χ0) is 13.1. The second kappa shape index (κ2) is 5.78. The summed E-state index contributed by atoms with van der Waals surface area (Å²) in [5.41, 5.74) is 7.16. The molecular weight excluding hydrogens is 266 g/mol. The first-order valence-electron chi connectivity index (χ1n) is 5.73. The topological polar surface area (TPSA) is 43.8 Å². The Morgan fingerprint density at radius 3 is 2.67 bits per heavy atom. The highest BCUT2D eigenvalue weighted by molar-refractivity contribution is 7.99. The molecule has 0 spiro atoms. The van der Waals surface area contributed by atoms with Crippen LogP contribution in [-0.4, -0.2) is 15.8 Å². The van der Waals surface area contributed by atoms with E-state index in [2.05, 4.69) is 5.10 Å². The summed E-state index contributed by atoms with van der Waals surface area (Å²) in [5, 5.41) is 5.06. The van der Waals surface area contributed by atoms with E-state index in [1.54, 1.807) is 16.4 Å². The first kappa shape index (κ1) is 13.5. The van der Waals surface area contributed by atoms with Crippen LogP contribution in [0.15, 0.2) is 41.6 Å². The van der Waals surface area contributed by atoms with Crippen LogP contribution in [-0.2, 0) is 7.05 Å². The van der Waals surface area contributed by atoms with Gasteiger partial charge >= 0.3 is 0 Å². The molecular formula is C13H16ClN3S. The molecule has 2 atom stereocenters. The zero-order valence-corrected chi connectivity index (χ0v) is 11.9. The number of nitrogens with zero attached hydrogens (tertiary/aromatic N) is 2. The number of hydrogen-bond acceptors (Lipinski definition) is 3. The van der Waals surface area contributed by atoms with Gasteiger partial charge in [-0.3, -0.25) is 4.68 Å². The molecule has 0 aliphatic heterocycles. The predicted molar refractivity (Wildman–Crippen MR) is 76.9 cm³/mol. The van der Waals surface area contributed by atoms with Gasteiger partial charge < -0.3 is 5.73 Å². The van der Waals surface area contributed by atoms with E-state index in [-0.39, 0.29) is 11.3 Å². The molecule has 0 bridgehead atoms. The minimum absolute atomic E-state index is 0.00936. The van der Waals surface area contributed by atoms with E-state index in [0.717, 1.165) is 15.5 Å². The summed E-state index contributed by atoms with van der Waals surface area (Å²) in [5.74, 6) is 0. The summed E-state index contributed by atoms with van der Waals surface area (Å²) in [6.45, 7) is 2.00. The van der Waals surface area contributed by atoms with Gasteiger partial charge in [0, 0.05) is 29.2 Å². The highest BCUT2D eigenvalue weighted by Crippen LogP contribution is 2.39. The maximum Gasteiger partial charge on any atom is 0.0626 e. The minimum atomic E-state index is 0.00936. The van der Waals surface area contributed by atoms with Crippen LogP contribution in [0, 0.1) is 0 Å². The smallest absolute Gasteiger partial charge is 0.0626 e. The largest absolute Gasteiger partial charge is 0.327 e. The van der Waals surface area contributed by atoms with Crippen LogP contribution < -0.4 is 5.73 Å². The highest BCUT2D eigenvalue weighted by Gasteiger charge is 2.20. The van der Waals surface area contributed by atoms with Crippen molar-refractivity contribution in [1.82, 2.24) is 9.78 Å². The van der Waals surface area contributed by atoms with Gasteiger partial charge in [0.2, 0.25) is 0 Å². The standard InChI is InChI=1S/C13H16ClN3S/c1-9(15)13(11-5-3-4-6-12(11)14)18-10-7-16-17(2)8-10/h3-9,13H,15H2,1-2H3. The highest BCUT2D eigenvalue weighted by atomic mass is 35.5. The molecule has 2 aromatic rings. The number of hydrogen-bond donors (Lipinski definition) is 1. The second-order valence-corrected chi connectivity index (χ2v) is 5.89. The number of aryl methyl sites for hydroxylation is 1. The Kier molecular flexibility index (Phi) is 4.32. The van der Waals surface area contributed by atoms with Crippen LogP contribution >= 0.6 is 23.4 Å². The fourth-order valence-electron chi connectivity index (χ4n) is 1.77. The van der Waals surface area contributed by atoms with E-state index in [0.29, 0.717) is 0 Å². The Labute approximate surface area is 116 Å². The Morgan fingerprint density at radius 2 is 2.11 bits per heavy atom. The molecule has 0 aliphatic rings. The van der Waals surface area contributed by atoms with Crippen molar-refractivity contribution in [2.24, 2.45) is 12.8 Å². The number of thioether (sulfide) groups is 1. The molecule has 3 nitrogen and oxygen atoms in total. The quantitative estimate of drug-likeness (QED) is 0.875. The zero-order valence-electron chi connectivity index (χ0n) is 10.4. The second-order valence-electron chi connectivity index (χ2n) is 4.27. The average Bonchev–Trinajstić information content (AvgIpc) is 2.73. The van der Waals surface area contributed by atoms with Gasteiger partial charge in [-0.15, -0.1) is 11.8 Å². The maximum absolute atomic E-state index is 6.24. The molecule has 5 heteroatoms. The summed E-state index contributed by atoms with van der Waals surface area (Å²) in [6, 6.07) is 7.85. The van der Waals surface area contributed by atoms with Crippen molar-refractivity contribution in [3.05, 3.63) is 47.2 Å². The summed E-state index contributed by atoms with van der Waals surface area (Å²) >= 11 is 7.94. The minimum Gasteiger partial charge on any atom is -0.327 e. The lowest BCUT2D eigenvalue weighted by Crippen LogP contribution is -2.22. The summed E-state index contributed by atoms with van der Waals surface area (Å²) in [4.78, 5) is 1.10. The predicted octanol–water partition coefficient (Wildman–Crippen LogP) is 3.25.